The number of thiophene rings is 1. The number of carbonyl (C=O) groups is 4. The van der Waals surface area contributed by atoms with Crippen molar-refractivity contribution in [3.05, 3.63) is 40.1 Å². The van der Waals surface area contributed by atoms with Crippen LogP contribution < -0.4 is 20.1 Å². The van der Waals surface area contributed by atoms with Crippen LogP contribution in [0.4, 0.5) is 10.5 Å². The van der Waals surface area contributed by atoms with Crippen LogP contribution in [0.1, 0.15) is 27.0 Å². The van der Waals surface area contributed by atoms with E-state index in [4.69, 9.17) is 14.2 Å². The number of amides is 3. The second kappa shape index (κ2) is 10.8. The Labute approximate surface area is 176 Å². The molecule has 10 nitrogen and oxygen atoms in total. The van der Waals surface area contributed by atoms with Crippen molar-refractivity contribution in [2.45, 2.75) is 6.92 Å². The van der Waals surface area contributed by atoms with E-state index in [1.807, 2.05) is 5.32 Å². The molecule has 2 rings (SSSR count). The predicted octanol–water partition coefficient (Wildman–Crippen LogP) is 2.45. The summed E-state index contributed by atoms with van der Waals surface area (Å²) in [6.07, 6.45) is -0.950. The van der Waals surface area contributed by atoms with Gasteiger partial charge in [0, 0.05) is 12.1 Å². The number of imide groups is 1. The summed E-state index contributed by atoms with van der Waals surface area (Å²) >= 11 is 1.23. The molecule has 11 heteroatoms. The number of ether oxygens (including phenoxy) is 4. The van der Waals surface area contributed by atoms with Gasteiger partial charge in [0.2, 0.25) is 0 Å². The molecular formula is C19H20N2O8S. The molecule has 1 aromatic heterocycles. The second-order valence-corrected chi connectivity index (χ2v) is 6.48. The number of rotatable bonds is 8. The van der Waals surface area contributed by atoms with Crippen molar-refractivity contribution in [1.29, 1.82) is 0 Å². The minimum atomic E-state index is -0.950. The van der Waals surface area contributed by atoms with Crippen molar-refractivity contribution in [3.8, 4) is 11.5 Å². The number of hydrogen-bond acceptors (Lipinski definition) is 9. The molecule has 2 N–H and O–H groups in total. The predicted molar refractivity (Wildman–Crippen MR) is 107 cm³/mol. The van der Waals surface area contributed by atoms with Gasteiger partial charge in [0.1, 0.15) is 0 Å². The number of nitrogens with one attached hydrogen (secondary N) is 2. The lowest BCUT2D eigenvalue weighted by Crippen LogP contribution is -2.34. The zero-order chi connectivity index (χ0) is 22.1. The molecule has 0 spiro atoms. The molecule has 2 aromatic rings. The van der Waals surface area contributed by atoms with Crippen LogP contribution >= 0.6 is 11.3 Å². The Morgan fingerprint density at radius 3 is 2.33 bits per heavy atom. The Bertz CT molecular complexity index is 927. The van der Waals surface area contributed by atoms with E-state index in [1.54, 1.807) is 24.4 Å². The van der Waals surface area contributed by atoms with E-state index >= 15 is 0 Å². The van der Waals surface area contributed by atoms with Crippen LogP contribution in [0.2, 0.25) is 0 Å². The van der Waals surface area contributed by atoms with Crippen LogP contribution in [0, 0.1) is 0 Å². The fourth-order valence-corrected chi connectivity index (χ4v) is 2.89. The summed E-state index contributed by atoms with van der Waals surface area (Å²) in [6, 6.07) is 6.05. The number of hydrogen-bond donors (Lipinski definition) is 2. The van der Waals surface area contributed by atoms with Gasteiger partial charge in [-0.15, -0.1) is 11.3 Å². The average molecular weight is 436 g/mol. The summed E-state index contributed by atoms with van der Waals surface area (Å²) in [7, 11) is 2.78. The third-order valence-electron chi connectivity index (χ3n) is 3.59. The van der Waals surface area contributed by atoms with Gasteiger partial charge in [0.05, 0.1) is 37.0 Å². The van der Waals surface area contributed by atoms with E-state index < -0.39 is 30.5 Å². The van der Waals surface area contributed by atoms with E-state index in [2.05, 4.69) is 10.1 Å². The first kappa shape index (κ1) is 22.7. The van der Waals surface area contributed by atoms with Gasteiger partial charge in [0.25, 0.3) is 11.8 Å². The smallest absolute Gasteiger partial charge is 0.413 e. The molecule has 0 bridgehead atoms. The molecule has 0 fully saturated rings. The molecule has 0 saturated heterocycles. The number of esters is 1. The van der Waals surface area contributed by atoms with E-state index in [9.17, 15) is 19.2 Å². The highest BCUT2D eigenvalue weighted by Crippen LogP contribution is 2.34. The fourth-order valence-electron chi connectivity index (χ4n) is 2.27. The standard InChI is InChI=1S/C19H20N2O8S/c1-4-28-19(25)21-16(22)10-29-18(24)11-8-13(26-2)14(27-3)9-12(11)20-17(23)15-6-5-7-30-15/h5-9H,4,10H2,1-3H3,(H,20,23)(H,21,22,25). The highest BCUT2D eigenvalue weighted by Gasteiger charge is 2.21. The first-order valence-corrected chi connectivity index (χ1v) is 9.52. The number of methoxy groups -OCH3 is 2. The molecule has 0 aliphatic carbocycles. The minimum absolute atomic E-state index is 0.0681. The number of anilines is 1. The Hall–Kier alpha value is -3.60. The van der Waals surface area contributed by atoms with Crippen LogP contribution in [0.5, 0.6) is 11.5 Å². The molecule has 0 atom stereocenters. The van der Waals surface area contributed by atoms with E-state index in [-0.39, 0.29) is 29.4 Å². The zero-order valence-electron chi connectivity index (χ0n) is 16.5. The van der Waals surface area contributed by atoms with Crippen molar-refractivity contribution >= 4 is 40.9 Å². The molecule has 30 heavy (non-hydrogen) atoms. The van der Waals surface area contributed by atoms with Gasteiger partial charge in [0.15, 0.2) is 18.1 Å². The van der Waals surface area contributed by atoms with Gasteiger partial charge in [-0.1, -0.05) is 6.07 Å². The van der Waals surface area contributed by atoms with Crippen molar-refractivity contribution in [2.24, 2.45) is 0 Å². The van der Waals surface area contributed by atoms with Gasteiger partial charge in [-0.3, -0.25) is 14.9 Å². The highest BCUT2D eigenvalue weighted by molar-refractivity contribution is 7.12. The maximum absolute atomic E-state index is 12.6. The van der Waals surface area contributed by atoms with E-state index in [1.165, 1.54) is 37.7 Å². The summed E-state index contributed by atoms with van der Waals surface area (Å²) in [5.74, 6) is -1.74. The first-order chi connectivity index (χ1) is 14.4. The molecule has 0 aliphatic heterocycles. The Morgan fingerprint density at radius 2 is 1.73 bits per heavy atom. The molecule has 0 aliphatic rings. The Balaban J connectivity index is 2.21. The quantitative estimate of drug-likeness (QED) is 0.604. The van der Waals surface area contributed by atoms with Crippen molar-refractivity contribution < 1.29 is 38.1 Å². The lowest BCUT2D eigenvalue weighted by molar-refractivity contribution is -0.123. The molecule has 0 unspecified atom stereocenters. The van der Waals surface area contributed by atoms with Gasteiger partial charge in [-0.2, -0.15) is 0 Å². The molecule has 0 radical (unpaired) electrons. The topological polar surface area (TPSA) is 129 Å². The van der Waals surface area contributed by atoms with Gasteiger partial charge in [-0.05, 0) is 18.4 Å². The zero-order valence-corrected chi connectivity index (χ0v) is 17.3. The summed E-state index contributed by atoms with van der Waals surface area (Å²) in [4.78, 5) is 48.3. The summed E-state index contributed by atoms with van der Waals surface area (Å²) in [5.41, 5.74) is 0.0309. The molecule has 1 aromatic carbocycles. The number of benzene rings is 1. The molecule has 160 valence electrons. The van der Waals surface area contributed by atoms with Crippen molar-refractivity contribution in [1.82, 2.24) is 5.32 Å². The molecular weight excluding hydrogens is 416 g/mol. The monoisotopic (exact) mass is 436 g/mol. The fraction of sp³-hybridized carbons (Fsp3) is 0.263. The molecule has 1 heterocycles. The van der Waals surface area contributed by atoms with Crippen molar-refractivity contribution in [2.75, 3.05) is 32.8 Å². The second-order valence-electron chi connectivity index (χ2n) is 5.53. The van der Waals surface area contributed by atoms with Gasteiger partial charge in [-0.25, -0.2) is 9.59 Å². The third kappa shape index (κ3) is 5.95. The molecule has 3 amide bonds. The van der Waals surface area contributed by atoms with Gasteiger partial charge < -0.3 is 24.3 Å². The van der Waals surface area contributed by atoms with Crippen LogP contribution in [0.25, 0.3) is 0 Å². The third-order valence-corrected chi connectivity index (χ3v) is 4.46. The maximum atomic E-state index is 12.6. The lowest BCUT2D eigenvalue weighted by Gasteiger charge is -2.15. The maximum Gasteiger partial charge on any atom is 0.413 e. The summed E-state index contributed by atoms with van der Waals surface area (Å²) in [6.45, 7) is 0.926. The lowest BCUT2D eigenvalue weighted by atomic mass is 10.1. The van der Waals surface area contributed by atoms with Crippen LogP contribution in [-0.2, 0) is 14.3 Å². The van der Waals surface area contributed by atoms with Crippen LogP contribution in [-0.4, -0.2) is 51.3 Å². The van der Waals surface area contributed by atoms with E-state index in [0.29, 0.717) is 4.88 Å². The normalized spacial score (nSPS) is 9.97. The van der Waals surface area contributed by atoms with Crippen LogP contribution in [0.15, 0.2) is 29.6 Å². The van der Waals surface area contributed by atoms with E-state index in [0.717, 1.165) is 0 Å². The highest BCUT2D eigenvalue weighted by atomic mass is 32.1. The SMILES string of the molecule is CCOC(=O)NC(=O)COC(=O)c1cc(OC)c(OC)cc1NC(=O)c1cccs1. The Morgan fingerprint density at radius 1 is 1.03 bits per heavy atom. The first-order valence-electron chi connectivity index (χ1n) is 8.64. The average Bonchev–Trinajstić information content (AvgIpc) is 3.26. The van der Waals surface area contributed by atoms with Crippen LogP contribution in [0.3, 0.4) is 0 Å². The number of alkyl carbamates (subject to hydrolysis) is 1. The Kier molecular flexibility index (Phi) is 8.18. The summed E-state index contributed by atoms with van der Waals surface area (Å²) in [5, 5.41) is 6.26. The van der Waals surface area contributed by atoms with Gasteiger partial charge >= 0.3 is 12.1 Å². The summed E-state index contributed by atoms with van der Waals surface area (Å²) < 4.78 is 19.9. The molecule has 0 saturated carbocycles. The number of carbonyl (C=O) groups excluding carboxylic acids is 4. The largest absolute Gasteiger partial charge is 0.493 e. The van der Waals surface area contributed by atoms with Crippen molar-refractivity contribution in [3.63, 3.8) is 0 Å². The minimum Gasteiger partial charge on any atom is -0.493 e.